The molecule has 72 valence electrons. The van der Waals surface area contributed by atoms with Gasteiger partial charge >= 0.3 is 0 Å². The Balaban J connectivity index is 3.09. The average molecular weight is 204 g/mol. The molecule has 0 saturated heterocycles. The molecule has 0 fully saturated rings. The van der Waals surface area contributed by atoms with Crippen LogP contribution in [0, 0.1) is 5.82 Å². The Morgan fingerprint density at radius 2 is 2.23 bits per heavy atom. The Hall–Kier alpha value is -0.800. The lowest BCUT2D eigenvalue weighted by Gasteiger charge is -2.07. The van der Waals surface area contributed by atoms with E-state index in [-0.39, 0.29) is 5.02 Å². The molecule has 13 heavy (non-hydrogen) atoms. The van der Waals surface area contributed by atoms with Gasteiger partial charge in [0.2, 0.25) is 0 Å². The molecule has 0 unspecified atom stereocenters. The van der Waals surface area contributed by atoms with Crippen molar-refractivity contribution in [3.8, 4) is 5.75 Å². The summed E-state index contributed by atoms with van der Waals surface area (Å²) in [6.07, 6.45) is 0. The fraction of sp³-hybridized carbons (Fsp3) is 0.333. The zero-order chi connectivity index (χ0) is 9.84. The van der Waals surface area contributed by atoms with Crippen molar-refractivity contribution in [1.82, 2.24) is 5.32 Å². The third-order valence-electron chi connectivity index (χ3n) is 1.68. The van der Waals surface area contributed by atoms with E-state index < -0.39 is 5.82 Å². The molecule has 0 bridgehead atoms. The summed E-state index contributed by atoms with van der Waals surface area (Å²) in [6.45, 7) is 0.433. The lowest BCUT2D eigenvalue weighted by atomic mass is 10.2. The van der Waals surface area contributed by atoms with E-state index >= 15 is 0 Å². The minimum atomic E-state index is -0.392. The maximum Gasteiger partial charge on any atom is 0.146 e. The molecular formula is C9H11ClFNO. The highest BCUT2D eigenvalue weighted by Gasteiger charge is 2.08. The summed E-state index contributed by atoms with van der Waals surface area (Å²) in [5.41, 5.74) is 0.506. The summed E-state index contributed by atoms with van der Waals surface area (Å²) in [5, 5.41) is 2.94. The van der Waals surface area contributed by atoms with Gasteiger partial charge in [-0.2, -0.15) is 0 Å². The van der Waals surface area contributed by atoms with Gasteiger partial charge < -0.3 is 10.1 Å². The maximum absolute atomic E-state index is 13.3. The number of ether oxygens (including phenoxy) is 1. The van der Waals surface area contributed by atoms with Crippen LogP contribution in [0.2, 0.25) is 5.02 Å². The van der Waals surface area contributed by atoms with Gasteiger partial charge in [0.25, 0.3) is 0 Å². The topological polar surface area (TPSA) is 21.3 Å². The van der Waals surface area contributed by atoms with Crippen molar-refractivity contribution < 1.29 is 9.13 Å². The average Bonchev–Trinajstić information content (AvgIpc) is 2.13. The summed E-state index contributed by atoms with van der Waals surface area (Å²) in [4.78, 5) is 0. The minimum Gasteiger partial charge on any atom is -0.497 e. The standard InChI is InChI=1S/C9H11ClFNO/c1-12-5-6-3-7(13-2)4-8(10)9(6)11/h3-4,12H,5H2,1-2H3. The van der Waals surface area contributed by atoms with Crippen LogP contribution < -0.4 is 10.1 Å². The predicted molar refractivity (Wildman–Crippen MR) is 50.7 cm³/mol. The zero-order valence-electron chi connectivity index (χ0n) is 7.53. The first-order valence-corrected chi connectivity index (χ1v) is 4.23. The molecule has 0 aliphatic heterocycles. The zero-order valence-corrected chi connectivity index (χ0v) is 8.28. The largest absolute Gasteiger partial charge is 0.497 e. The van der Waals surface area contributed by atoms with Crippen molar-refractivity contribution in [3.63, 3.8) is 0 Å². The molecule has 0 aliphatic carbocycles. The highest BCUT2D eigenvalue weighted by atomic mass is 35.5. The summed E-state index contributed by atoms with van der Waals surface area (Å²) < 4.78 is 18.2. The van der Waals surface area contributed by atoms with E-state index in [9.17, 15) is 4.39 Å². The van der Waals surface area contributed by atoms with Crippen LogP contribution in [0.3, 0.4) is 0 Å². The molecule has 0 radical (unpaired) electrons. The van der Waals surface area contributed by atoms with Crippen molar-refractivity contribution >= 4 is 11.6 Å². The van der Waals surface area contributed by atoms with Gasteiger partial charge in [-0.25, -0.2) is 4.39 Å². The molecule has 0 atom stereocenters. The van der Waals surface area contributed by atoms with Crippen LogP contribution in [0.4, 0.5) is 4.39 Å². The highest BCUT2D eigenvalue weighted by molar-refractivity contribution is 6.30. The van der Waals surface area contributed by atoms with E-state index in [1.807, 2.05) is 0 Å². The molecule has 0 saturated carbocycles. The molecule has 1 N–H and O–H groups in total. The maximum atomic E-state index is 13.3. The number of hydrogen-bond donors (Lipinski definition) is 1. The molecule has 1 aromatic carbocycles. The van der Waals surface area contributed by atoms with E-state index in [4.69, 9.17) is 16.3 Å². The van der Waals surface area contributed by atoms with E-state index in [1.54, 1.807) is 13.1 Å². The first-order chi connectivity index (χ1) is 6.19. The van der Waals surface area contributed by atoms with Crippen molar-refractivity contribution in [1.29, 1.82) is 0 Å². The third kappa shape index (κ3) is 2.32. The molecule has 0 aromatic heterocycles. The number of methoxy groups -OCH3 is 1. The first-order valence-electron chi connectivity index (χ1n) is 3.85. The summed E-state index contributed by atoms with van der Waals surface area (Å²) >= 11 is 5.65. The Morgan fingerprint density at radius 1 is 1.54 bits per heavy atom. The molecular weight excluding hydrogens is 193 g/mol. The van der Waals surface area contributed by atoms with E-state index in [1.165, 1.54) is 13.2 Å². The predicted octanol–water partition coefficient (Wildman–Crippen LogP) is 2.21. The van der Waals surface area contributed by atoms with Gasteiger partial charge in [0.1, 0.15) is 11.6 Å². The van der Waals surface area contributed by atoms with Crippen molar-refractivity contribution in [2.75, 3.05) is 14.2 Å². The third-order valence-corrected chi connectivity index (χ3v) is 1.96. The molecule has 1 rings (SSSR count). The molecule has 0 aliphatic rings. The second-order valence-electron chi connectivity index (χ2n) is 2.61. The van der Waals surface area contributed by atoms with Gasteiger partial charge in [-0.05, 0) is 13.1 Å². The minimum absolute atomic E-state index is 0.0876. The van der Waals surface area contributed by atoms with Crippen LogP contribution in [-0.2, 0) is 6.54 Å². The fourth-order valence-electron chi connectivity index (χ4n) is 1.06. The van der Waals surface area contributed by atoms with Gasteiger partial charge in [0.05, 0.1) is 12.1 Å². The van der Waals surface area contributed by atoms with E-state index in [2.05, 4.69) is 5.32 Å². The van der Waals surface area contributed by atoms with Gasteiger partial charge in [0.15, 0.2) is 0 Å². The van der Waals surface area contributed by atoms with Crippen LogP contribution in [0.15, 0.2) is 12.1 Å². The SMILES string of the molecule is CNCc1cc(OC)cc(Cl)c1F. The van der Waals surface area contributed by atoms with Crippen LogP contribution in [-0.4, -0.2) is 14.2 Å². The van der Waals surface area contributed by atoms with Gasteiger partial charge in [-0.3, -0.25) is 0 Å². The first kappa shape index (κ1) is 10.3. The molecule has 0 amide bonds. The van der Waals surface area contributed by atoms with Crippen LogP contribution in [0.1, 0.15) is 5.56 Å². The molecule has 0 spiro atoms. The van der Waals surface area contributed by atoms with Crippen LogP contribution >= 0.6 is 11.6 Å². The summed E-state index contributed by atoms with van der Waals surface area (Å²) in [5.74, 6) is 0.175. The van der Waals surface area contributed by atoms with Gasteiger partial charge in [-0.1, -0.05) is 11.6 Å². The van der Waals surface area contributed by atoms with Crippen LogP contribution in [0.5, 0.6) is 5.75 Å². The number of halogens is 2. The normalized spacial score (nSPS) is 10.2. The Bertz CT molecular complexity index is 304. The highest BCUT2D eigenvalue weighted by Crippen LogP contribution is 2.24. The lowest BCUT2D eigenvalue weighted by Crippen LogP contribution is -2.07. The summed E-state index contributed by atoms with van der Waals surface area (Å²) in [7, 11) is 3.26. The monoisotopic (exact) mass is 203 g/mol. The quantitative estimate of drug-likeness (QED) is 0.814. The molecule has 0 heterocycles. The fourth-order valence-corrected chi connectivity index (χ4v) is 1.28. The number of hydrogen-bond acceptors (Lipinski definition) is 2. The van der Waals surface area contributed by atoms with Crippen molar-refractivity contribution in [3.05, 3.63) is 28.5 Å². The Morgan fingerprint density at radius 3 is 2.77 bits per heavy atom. The van der Waals surface area contributed by atoms with E-state index in [0.717, 1.165) is 0 Å². The molecule has 2 nitrogen and oxygen atoms in total. The van der Waals surface area contributed by atoms with Gasteiger partial charge in [0, 0.05) is 18.2 Å². The Labute approximate surface area is 81.7 Å². The van der Waals surface area contributed by atoms with Crippen LogP contribution in [0.25, 0.3) is 0 Å². The van der Waals surface area contributed by atoms with Gasteiger partial charge in [-0.15, -0.1) is 0 Å². The van der Waals surface area contributed by atoms with Crippen molar-refractivity contribution in [2.45, 2.75) is 6.54 Å². The summed E-state index contributed by atoms with van der Waals surface area (Å²) in [6, 6.07) is 3.08. The van der Waals surface area contributed by atoms with Crippen molar-refractivity contribution in [2.24, 2.45) is 0 Å². The lowest BCUT2D eigenvalue weighted by molar-refractivity contribution is 0.412. The number of rotatable bonds is 3. The molecule has 4 heteroatoms. The number of benzene rings is 1. The second kappa shape index (κ2) is 4.44. The number of nitrogens with one attached hydrogen (secondary N) is 1. The second-order valence-corrected chi connectivity index (χ2v) is 3.02. The smallest absolute Gasteiger partial charge is 0.146 e. The Kier molecular flexibility index (Phi) is 3.51. The van der Waals surface area contributed by atoms with E-state index in [0.29, 0.717) is 17.9 Å². The molecule has 1 aromatic rings.